The average Bonchev–Trinajstić information content (AvgIpc) is 2.71. The summed E-state index contributed by atoms with van der Waals surface area (Å²) in [4.78, 5) is 12.9. The number of nitrogens with one attached hydrogen (secondary N) is 1. The largest absolute Gasteiger partial charge is 0.508 e. The van der Waals surface area contributed by atoms with Gasteiger partial charge in [0.1, 0.15) is 11.3 Å². The minimum Gasteiger partial charge on any atom is -0.508 e. The lowest BCUT2D eigenvalue weighted by molar-refractivity contribution is -0.120. The number of benzene rings is 1. The normalized spacial score (nSPS) is 17.5. The number of thioether (sulfide) groups is 1. The number of phenols is 1. The van der Waals surface area contributed by atoms with E-state index in [9.17, 15) is 15.2 Å². The van der Waals surface area contributed by atoms with E-state index in [1.165, 1.54) is 11.8 Å². The molecule has 5 heteroatoms. The van der Waals surface area contributed by atoms with E-state index in [1.807, 2.05) is 6.07 Å². The molecule has 0 aromatic heterocycles. The fourth-order valence-electron chi connectivity index (χ4n) is 2.62. The number of nitrogens with zero attached hydrogens (tertiary/aromatic N) is 1. The molecule has 0 unspecified atom stereocenters. The maximum absolute atomic E-state index is 12.1. The van der Waals surface area contributed by atoms with Crippen LogP contribution in [0, 0.1) is 11.3 Å². The number of rotatable bonds is 4. The third-order valence-corrected chi connectivity index (χ3v) is 4.73. The molecule has 2 N–H and O–H groups in total. The number of hydrogen-bond acceptors (Lipinski definition) is 4. The van der Waals surface area contributed by atoms with Crippen molar-refractivity contribution in [3.05, 3.63) is 24.3 Å². The van der Waals surface area contributed by atoms with Crippen LogP contribution in [0.1, 0.15) is 38.5 Å². The van der Waals surface area contributed by atoms with Crippen molar-refractivity contribution in [2.75, 3.05) is 5.75 Å². The molecule has 0 bridgehead atoms. The van der Waals surface area contributed by atoms with E-state index in [-0.39, 0.29) is 17.4 Å². The molecule has 1 amide bonds. The molecule has 1 saturated carbocycles. The number of amides is 1. The van der Waals surface area contributed by atoms with Crippen molar-refractivity contribution in [3.8, 4) is 11.8 Å². The third-order valence-electron chi connectivity index (χ3n) is 3.74. The van der Waals surface area contributed by atoms with E-state index in [0.717, 1.165) is 43.4 Å². The highest BCUT2D eigenvalue weighted by Gasteiger charge is 2.32. The van der Waals surface area contributed by atoms with Gasteiger partial charge in [0.15, 0.2) is 0 Å². The lowest BCUT2D eigenvalue weighted by Crippen LogP contribution is -2.47. The molecule has 1 aromatic carbocycles. The van der Waals surface area contributed by atoms with Gasteiger partial charge in [0.05, 0.1) is 11.8 Å². The molecule has 21 heavy (non-hydrogen) atoms. The Hall–Kier alpha value is -1.67. The van der Waals surface area contributed by atoms with Crippen LogP contribution in [0.2, 0.25) is 0 Å². The van der Waals surface area contributed by atoms with Crippen molar-refractivity contribution in [1.82, 2.24) is 5.32 Å². The van der Waals surface area contributed by atoms with E-state index in [4.69, 9.17) is 0 Å². The Morgan fingerprint density at radius 1 is 1.33 bits per heavy atom. The quantitative estimate of drug-likeness (QED) is 0.661. The predicted octanol–water partition coefficient (Wildman–Crippen LogP) is 3.22. The highest BCUT2D eigenvalue weighted by Crippen LogP contribution is 2.27. The number of nitriles is 1. The van der Waals surface area contributed by atoms with Crippen molar-refractivity contribution in [1.29, 1.82) is 5.26 Å². The molecule has 1 fully saturated rings. The monoisotopic (exact) mass is 304 g/mol. The summed E-state index contributed by atoms with van der Waals surface area (Å²) < 4.78 is 0. The molecular weight excluding hydrogens is 284 g/mol. The summed E-state index contributed by atoms with van der Waals surface area (Å²) in [5, 5.41) is 21.7. The average molecular weight is 304 g/mol. The Kier molecular flexibility index (Phi) is 5.51. The third kappa shape index (κ3) is 4.68. The number of carbonyl (C=O) groups is 1. The summed E-state index contributed by atoms with van der Waals surface area (Å²) in [7, 11) is 0. The van der Waals surface area contributed by atoms with Gasteiger partial charge in [0.25, 0.3) is 0 Å². The molecule has 2 rings (SSSR count). The number of phenolic OH excluding ortho intramolecular Hbond substituents is 1. The minimum atomic E-state index is -0.688. The number of hydrogen-bond donors (Lipinski definition) is 2. The van der Waals surface area contributed by atoms with Crippen LogP contribution in [0.25, 0.3) is 0 Å². The summed E-state index contributed by atoms with van der Waals surface area (Å²) in [6, 6.07) is 9.14. The lowest BCUT2D eigenvalue weighted by Gasteiger charge is -2.26. The van der Waals surface area contributed by atoms with Gasteiger partial charge in [-0.25, -0.2) is 0 Å². The molecule has 1 aliphatic carbocycles. The molecule has 0 atom stereocenters. The van der Waals surface area contributed by atoms with Gasteiger partial charge >= 0.3 is 0 Å². The van der Waals surface area contributed by atoms with Crippen LogP contribution in [0.15, 0.2) is 29.2 Å². The van der Waals surface area contributed by atoms with E-state index >= 15 is 0 Å². The van der Waals surface area contributed by atoms with Gasteiger partial charge in [-0.15, -0.1) is 11.8 Å². The van der Waals surface area contributed by atoms with Crippen molar-refractivity contribution >= 4 is 17.7 Å². The van der Waals surface area contributed by atoms with E-state index in [2.05, 4.69) is 11.4 Å². The van der Waals surface area contributed by atoms with Crippen LogP contribution in [0.3, 0.4) is 0 Å². The van der Waals surface area contributed by atoms with Crippen LogP contribution < -0.4 is 5.32 Å². The van der Waals surface area contributed by atoms with Gasteiger partial charge in [0.2, 0.25) is 5.91 Å². The highest BCUT2D eigenvalue weighted by atomic mass is 32.2. The SMILES string of the molecule is N#CC1(NC(=O)CSc2cccc(O)c2)CCCCCC1. The lowest BCUT2D eigenvalue weighted by atomic mass is 9.92. The smallest absolute Gasteiger partial charge is 0.231 e. The Bertz CT molecular complexity index is 531. The Morgan fingerprint density at radius 2 is 2.05 bits per heavy atom. The Balaban J connectivity index is 1.89. The second-order valence-corrected chi connectivity index (χ2v) is 6.49. The second kappa shape index (κ2) is 7.37. The van der Waals surface area contributed by atoms with Crippen molar-refractivity contribution in [2.24, 2.45) is 0 Å². The van der Waals surface area contributed by atoms with E-state index < -0.39 is 5.54 Å². The molecular formula is C16H20N2O2S. The first-order chi connectivity index (χ1) is 10.1. The topological polar surface area (TPSA) is 73.1 Å². The molecule has 4 nitrogen and oxygen atoms in total. The predicted molar refractivity (Wildman–Crippen MR) is 83.0 cm³/mol. The zero-order chi connectivity index (χ0) is 15.1. The van der Waals surface area contributed by atoms with Crippen LogP contribution in [-0.2, 0) is 4.79 Å². The molecule has 0 saturated heterocycles. The van der Waals surface area contributed by atoms with Crippen LogP contribution in [-0.4, -0.2) is 22.3 Å². The highest BCUT2D eigenvalue weighted by molar-refractivity contribution is 8.00. The zero-order valence-corrected chi connectivity index (χ0v) is 12.8. The maximum Gasteiger partial charge on any atom is 0.231 e. The molecule has 0 spiro atoms. The standard InChI is InChI=1S/C16H20N2O2S/c17-12-16(8-3-1-2-4-9-16)18-15(20)11-21-14-7-5-6-13(19)10-14/h5-7,10,19H,1-4,8-9,11H2,(H,18,20). The molecule has 1 aliphatic rings. The van der Waals surface area contributed by atoms with Crippen LogP contribution in [0.5, 0.6) is 5.75 Å². The zero-order valence-electron chi connectivity index (χ0n) is 12.0. The van der Waals surface area contributed by atoms with Crippen LogP contribution >= 0.6 is 11.8 Å². The van der Waals surface area contributed by atoms with Gasteiger partial charge in [-0.05, 0) is 31.0 Å². The second-order valence-electron chi connectivity index (χ2n) is 5.44. The molecule has 1 aromatic rings. The first-order valence-electron chi connectivity index (χ1n) is 7.28. The van der Waals surface area contributed by atoms with Gasteiger partial charge in [0, 0.05) is 4.90 Å². The fraction of sp³-hybridized carbons (Fsp3) is 0.500. The maximum atomic E-state index is 12.1. The van der Waals surface area contributed by atoms with Crippen molar-refractivity contribution in [2.45, 2.75) is 49.0 Å². The van der Waals surface area contributed by atoms with E-state index in [0.29, 0.717) is 0 Å². The first kappa shape index (κ1) is 15.7. The van der Waals surface area contributed by atoms with Gasteiger partial charge in [-0.3, -0.25) is 4.79 Å². The summed E-state index contributed by atoms with van der Waals surface area (Å²) in [5.41, 5.74) is -0.688. The van der Waals surface area contributed by atoms with Gasteiger partial charge in [-0.1, -0.05) is 31.7 Å². The van der Waals surface area contributed by atoms with Crippen molar-refractivity contribution in [3.63, 3.8) is 0 Å². The Labute approximate surface area is 129 Å². The fourth-order valence-corrected chi connectivity index (χ4v) is 3.37. The Morgan fingerprint density at radius 3 is 2.67 bits per heavy atom. The molecule has 0 radical (unpaired) electrons. The van der Waals surface area contributed by atoms with Crippen LogP contribution in [0.4, 0.5) is 0 Å². The van der Waals surface area contributed by atoms with Gasteiger partial charge < -0.3 is 10.4 Å². The first-order valence-corrected chi connectivity index (χ1v) is 8.26. The summed E-state index contributed by atoms with van der Waals surface area (Å²) in [6.45, 7) is 0. The number of aromatic hydroxyl groups is 1. The summed E-state index contributed by atoms with van der Waals surface area (Å²) in [6.07, 6.45) is 5.74. The number of carbonyl (C=O) groups excluding carboxylic acids is 1. The molecule has 112 valence electrons. The molecule has 0 aliphatic heterocycles. The minimum absolute atomic E-state index is 0.119. The molecule has 0 heterocycles. The summed E-state index contributed by atoms with van der Waals surface area (Å²) in [5.74, 6) is 0.330. The van der Waals surface area contributed by atoms with Gasteiger partial charge in [-0.2, -0.15) is 5.26 Å². The van der Waals surface area contributed by atoms with Crippen molar-refractivity contribution < 1.29 is 9.90 Å². The summed E-state index contributed by atoms with van der Waals surface area (Å²) >= 11 is 1.36. The van der Waals surface area contributed by atoms with E-state index in [1.54, 1.807) is 18.2 Å².